The second kappa shape index (κ2) is 3.96. The van der Waals surface area contributed by atoms with Gasteiger partial charge in [0.15, 0.2) is 0 Å². The fourth-order valence-electron chi connectivity index (χ4n) is 1.77. The van der Waals surface area contributed by atoms with Crippen LogP contribution in [0.4, 0.5) is 15.8 Å². The molecule has 0 aliphatic carbocycles. The van der Waals surface area contributed by atoms with Crippen LogP contribution < -0.4 is 10.1 Å². The van der Waals surface area contributed by atoms with Crippen LogP contribution in [-0.4, -0.2) is 7.11 Å². The maximum Gasteiger partial charge on any atom is 0.125 e. The van der Waals surface area contributed by atoms with E-state index in [4.69, 9.17) is 4.74 Å². The quantitative estimate of drug-likeness (QED) is 0.701. The third kappa shape index (κ3) is 1.85. The summed E-state index contributed by atoms with van der Waals surface area (Å²) in [6.07, 6.45) is 0. The topological polar surface area (TPSA) is 21.3 Å². The minimum Gasteiger partial charge on any atom is -0.497 e. The van der Waals surface area contributed by atoms with Crippen molar-refractivity contribution in [3.05, 3.63) is 42.2 Å². The average molecular weight is 247 g/mol. The molecule has 0 amide bonds. The van der Waals surface area contributed by atoms with Gasteiger partial charge < -0.3 is 10.1 Å². The minimum absolute atomic E-state index is 0.228. The Morgan fingerprint density at radius 2 is 1.94 bits per heavy atom. The predicted molar refractivity (Wildman–Crippen MR) is 66.8 cm³/mol. The van der Waals surface area contributed by atoms with Gasteiger partial charge in [0.25, 0.3) is 0 Å². The number of ether oxygens (including phenoxy) is 1. The Hall–Kier alpha value is -1.68. The van der Waals surface area contributed by atoms with Crippen LogP contribution in [0.2, 0.25) is 0 Å². The molecule has 0 saturated heterocycles. The van der Waals surface area contributed by atoms with Crippen molar-refractivity contribution in [2.75, 3.05) is 12.4 Å². The number of methoxy groups -OCH3 is 1. The number of anilines is 2. The van der Waals surface area contributed by atoms with Crippen molar-refractivity contribution in [2.24, 2.45) is 0 Å². The third-order valence-electron chi connectivity index (χ3n) is 2.62. The summed E-state index contributed by atoms with van der Waals surface area (Å²) in [6.45, 7) is 0. The van der Waals surface area contributed by atoms with E-state index in [2.05, 4.69) is 5.32 Å². The fraction of sp³-hybridized carbons (Fsp3) is 0.0769. The lowest BCUT2D eigenvalue weighted by molar-refractivity contribution is 0.414. The van der Waals surface area contributed by atoms with Gasteiger partial charge >= 0.3 is 0 Å². The first-order valence-electron chi connectivity index (χ1n) is 5.19. The largest absolute Gasteiger partial charge is 0.497 e. The number of fused-ring (bicyclic) bond motifs is 2. The lowest BCUT2D eigenvalue weighted by Crippen LogP contribution is -2.00. The molecule has 86 valence electrons. The molecular formula is C13H10FNOS. The molecule has 2 nitrogen and oxygen atoms in total. The molecule has 1 N–H and O–H groups in total. The Morgan fingerprint density at radius 1 is 1.06 bits per heavy atom. The summed E-state index contributed by atoms with van der Waals surface area (Å²) in [5, 5.41) is 3.22. The van der Waals surface area contributed by atoms with Crippen molar-refractivity contribution < 1.29 is 9.13 Å². The first-order chi connectivity index (χ1) is 8.26. The number of halogens is 1. The van der Waals surface area contributed by atoms with Crippen molar-refractivity contribution in [3.63, 3.8) is 0 Å². The van der Waals surface area contributed by atoms with E-state index in [1.807, 2.05) is 18.2 Å². The fourth-order valence-corrected chi connectivity index (χ4v) is 2.77. The van der Waals surface area contributed by atoms with E-state index in [1.54, 1.807) is 24.9 Å². The average Bonchev–Trinajstić information content (AvgIpc) is 2.35. The van der Waals surface area contributed by atoms with E-state index in [9.17, 15) is 4.39 Å². The van der Waals surface area contributed by atoms with Gasteiger partial charge in [0.1, 0.15) is 11.6 Å². The van der Waals surface area contributed by atoms with Crippen molar-refractivity contribution >= 4 is 23.1 Å². The molecule has 0 aromatic heterocycles. The zero-order valence-corrected chi connectivity index (χ0v) is 9.98. The predicted octanol–water partition coefficient (Wildman–Crippen LogP) is 4.04. The summed E-state index contributed by atoms with van der Waals surface area (Å²) < 4.78 is 18.3. The monoisotopic (exact) mass is 247 g/mol. The van der Waals surface area contributed by atoms with Crippen LogP contribution >= 0.6 is 11.8 Å². The maximum absolute atomic E-state index is 13.1. The number of rotatable bonds is 1. The second-order valence-electron chi connectivity index (χ2n) is 3.73. The Labute approximate surface area is 103 Å². The van der Waals surface area contributed by atoms with Crippen molar-refractivity contribution in [3.8, 4) is 5.75 Å². The number of hydrogen-bond acceptors (Lipinski definition) is 3. The highest BCUT2D eigenvalue weighted by molar-refractivity contribution is 7.99. The summed E-state index contributed by atoms with van der Waals surface area (Å²) >= 11 is 1.61. The standard InChI is InChI=1S/C13H10FNOS/c1-16-9-3-4-10-13(7-9)17-12-5-2-8(14)6-11(12)15-10/h2-7,15H,1H3. The zero-order valence-electron chi connectivity index (χ0n) is 9.16. The molecule has 0 bridgehead atoms. The lowest BCUT2D eigenvalue weighted by atomic mass is 10.2. The van der Waals surface area contributed by atoms with Gasteiger partial charge in [-0.05, 0) is 36.4 Å². The maximum atomic E-state index is 13.1. The molecule has 0 fully saturated rings. The summed E-state index contributed by atoms with van der Waals surface area (Å²) in [5.74, 6) is 0.595. The van der Waals surface area contributed by atoms with Crippen LogP contribution in [0.5, 0.6) is 5.75 Å². The van der Waals surface area contributed by atoms with Gasteiger partial charge in [0, 0.05) is 9.79 Å². The van der Waals surface area contributed by atoms with E-state index >= 15 is 0 Å². The van der Waals surface area contributed by atoms with E-state index in [0.29, 0.717) is 0 Å². The van der Waals surface area contributed by atoms with Crippen LogP contribution in [0.25, 0.3) is 0 Å². The normalized spacial score (nSPS) is 12.4. The molecule has 0 atom stereocenters. The van der Waals surface area contributed by atoms with Crippen LogP contribution in [0.1, 0.15) is 0 Å². The molecule has 0 saturated carbocycles. The smallest absolute Gasteiger partial charge is 0.125 e. The lowest BCUT2D eigenvalue weighted by Gasteiger charge is -2.21. The van der Waals surface area contributed by atoms with Crippen LogP contribution in [0.3, 0.4) is 0 Å². The highest BCUT2D eigenvalue weighted by Crippen LogP contribution is 2.45. The van der Waals surface area contributed by atoms with Crippen molar-refractivity contribution in [1.29, 1.82) is 0 Å². The zero-order chi connectivity index (χ0) is 11.8. The van der Waals surface area contributed by atoms with E-state index < -0.39 is 0 Å². The van der Waals surface area contributed by atoms with Crippen LogP contribution in [0, 0.1) is 5.82 Å². The molecule has 2 aromatic rings. The number of benzene rings is 2. The number of hydrogen-bond donors (Lipinski definition) is 1. The van der Waals surface area contributed by atoms with Gasteiger partial charge in [0.2, 0.25) is 0 Å². The summed E-state index contributed by atoms with van der Waals surface area (Å²) in [5.41, 5.74) is 1.79. The minimum atomic E-state index is -0.228. The highest BCUT2D eigenvalue weighted by Gasteiger charge is 2.16. The van der Waals surface area contributed by atoms with E-state index in [1.165, 1.54) is 12.1 Å². The van der Waals surface area contributed by atoms with E-state index in [0.717, 1.165) is 26.9 Å². The molecular weight excluding hydrogens is 237 g/mol. The molecule has 4 heteroatoms. The number of nitrogens with one attached hydrogen (secondary N) is 1. The van der Waals surface area contributed by atoms with Gasteiger partial charge in [-0.1, -0.05) is 11.8 Å². The Kier molecular flexibility index (Phi) is 2.44. The SMILES string of the molecule is COc1ccc2c(c1)Sc1ccc(F)cc1N2. The highest BCUT2D eigenvalue weighted by atomic mass is 32.2. The summed E-state index contributed by atoms with van der Waals surface area (Å²) in [6, 6.07) is 10.6. The molecule has 2 aromatic carbocycles. The first-order valence-corrected chi connectivity index (χ1v) is 6.00. The van der Waals surface area contributed by atoms with Crippen LogP contribution in [-0.2, 0) is 0 Å². The Balaban J connectivity index is 2.04. The summed E-state index contributed by atoms with van der Waals surface area (Å²) in [4.78, 5) is 2.11. The molecule has 0 unspecified atom stereocenters. The molecule has 1 heterocycles. The molecule has 0 radical (unpaired) electrons. The Bertz CT molecular complexity index is 586. The molecule has 1 aliphatic heterocycles. The van der Waals surface area contributed by atoms with Gasteiger partial charge in [-0.2, -0.15) is 0 Å². The Morgan fingerprint density at radius 3 is 2.76 bits per heavy atom. The van der Waals surface area contributed by atoms with Gasteiger partial charge in [-0.3, -0.25) is 0 Å². The van der Waals surface area contributed by atoms with Crippen molar-refractivity contribution in [1.82, 2.24) is 0 Å². The summed E-state index contributed by atoms with van der Waals surface area (Å²) in [7, 11) is 1.64. The molecule has 1 aliphatic rings. The van der Waals surface area contributed by atoms with Gasteiger partial charge in [-0.25, -0.2) is 4.39 Å². The van der Waals surface area contributed by atoms with Crippen molar-refractivity contribution in [2.45, 2.75) is 9.79 Å². The van der Waals surface area contributed by atoms with Gasteiger partial charge in [-0.15, -0.1) is 0 Å². The molecule has 3 rings (SSSR count). The molecule has 0 spiro atoms. The van der Waals surface area contributed by atoms with Crippen LogP contribution in [0.15, 0.2) is 46.2 Å². The van der Waals surface area contributed by atoms with E-state index in [-0.39, 0.29) is 5.82 Å². The third-order valence-corrected chi connectivity index (χ3v) is 3.75. The first kappa shape index (κ1) is 10.5. The van der Waals surface area contributed by atoms with Gasteiger partial charge in [0.05, 0.1) is 18.5 Å². The molecule has 17 heavy (non-hydrogen) atoms. The second-order valence-corrected chi connectivity index (χ2v) is 4.81.